The van der Waals surface area contributed by atoms with Crippen molar-refractivity contribution >= 4 is 46.0 Å². The van der Waals surface area contributed by atoms with Crippen LogP contribution in [0.25, 0.3) is 22.2 Å². The van der Waals surface area contributed by atoms with E-state index < -0.39 is 17.3 Å². The maximum absolute atomic E-state index is 14.8. The number of carbonyl (C=O) groups is 2. The number of hydrogen-bond donors (Lipinski definition) is 4. The average molecular weight is 604 g/mol. The summed E-state index contributed by atoms with van der Waals surface area (Å²) >= 11 is 6.50. The second kappa shape index (κ2) is 12.9. The Balaban J connectivity index is 1.23. The zero-order valence-electron chi connectivity index (χ0n) is 24.4. The van der Waals surface area contributed by atoms with Crippen molar-refractivity contribution in [3.05, 3.63) is 83.4 Å². The third-order valence-electron chi connectivity index (χ3n) is 7.54. The topological polar surface area (TPSA) is 115 Å². The van der Waals surface area contributed by atoms with Gasteiger partial charge in [-0.3, -0.25) is 9.59 Å². The Bertz CT molecular complexity index is 1670. The first-order valence-electron chi connectivity index (χ1n) is 14.2. The van der Waals surface area contributed by atoms with Gasteiger partial charge in [0, 0.05) is 52.4 Å². The zero-order valence-corrected chi connectivity index (χ0v) is 25.1. The first-order valence-corrected chi connectivity index (χ1v) is 14.6. The van der Waals surface area contributed by atoms with E-state index in [0.717, 1.165) is 41.8 Å². The van der Waals surface area contributed by atoms with Crippen molar-refractivity contribution in [3.8, 4) is 11.3 Å². The number of H-pyrrole nitrogens is 1. The van der Waals surface area contributed by atoms with Gasteiger partial charge in [-0.15, -0.1) is 0 Å². The molecule has 9 nitrogen and oxygen atoms in total. The van der Waals surface area contributed by atoms with Crippen LogP contribution in [0.15, 0.2) is 67.0 Å². The number of halogens is 2. The van der Waals surface area contributed by atoms with Crippen LogP contribution in [0, 0.1) is 5.82 Å². The van der Waals surface area contributed by atoms with E-state index >= 15 is 0 Å². The Morgan fingerprint density at radius 1 is 1.23 bits per heavy atom. The lowest BCUT2D eigenvalue weighted by atomic mass is 9.80. The Morgan fingerprint density at radius 2 is 2.05 bits per heavy atom. The van der Waals surface area contributed by atoms with Crippen LogP contribution >= 0.6 is 11.6 Å². The molecule has 43 heavy (non-hydrogen) atoms. The molecule has 5 rings (SSSR count). The molecule has 2 atom stereocenters. The second-order valence-electron chi connectivity index (χ2n) is 11.4. The molecule has 2 amide bonds. The number of nitrogens with one attached hydrogen (secondary N) is 4. The molecule has 0 bridgehead atoms. The SMILES string of the molecule is CN(C)C/C=C/C(=O)Nc1ccc(C(=O)N[C@@]2(C)CCC[C@@H](Nc3ncc(Cl)c(-c4c[nH]c5ccccc45)n3)C2)cc1F. The highest BCUT2D eigenvalue weighted by Gasteiger charge is 2.34. The van der Waals surface area contributed by atoms with Gasteiger partial charge in [-0.2, -0.15) is 0 Å². The average Bonchev–Trinajstić information content (AvgIpc) is 3.39. The minimum atomic E-state index is -0.679. The molecule has 0 saturated heterocycles. The number of para-hydroxylation sites is 1. The number of fused-ring (bicyclic) bond motifs is 1. The summed E-state index contributed by atoms with van der Waals surface area (Å²) in [7, 11) is 3.76. The van der Waals surface area contributed by atoms with Crippen LogP contribution in [-0.4, -0.2) is 63.9 Å². The normalized spacial score (nSPS) is 18.7. The predicted molar refractivity (Wildman–Crippen MR) is 169 cm³/mol. The molecule has 224 valence electrons. The highest BCUT2D eigenvalue weighted by atomic mass is 35.5. The fourth-order valence-corrected chi connectivity index (χ4v) is 5.64. The van der Waals surface area contributed by atoms with Gasteiger partial charge < -0.3 is 25.8 Å². The molecule has 2 aromatic carbocycles. The minimum absolute atomic E-state index is 0.00548. The molecule has 0 unspecified atom stereocenters. The van der Waals surface area contributed by atoms with Gasteiger partial charge in [-0.25, -0.2) is 14.4 Å². The van der Waals surface area contributed by atoms with E-state index in [1.165, 1.54) is 18.2 Å². The fraction of sp³-hybridized carbons (Fsp3) is 0.312. The molecule has 1 aliphatic rings. The van der Waals surface area contributed by atoms with Crippen LogP contribution in [0.1, 0.15) is 43.0 Å². The first-order chi connectivity index (χ1) is 20.6. The molecule has 4 N–H and O–H groups in total. The maximum Gasteiger partial charge on any atom is 0.251 e. The monoisotopic (exact) mass is 603 g/mol. The van der Waals surface area contributed by atoms with E-state index in [-0.39, 0.29) is 23.2 Å². The summed E-state index contributed by atoms with van der Waals surface area (Å²) < 4.78 is 14.8. The van der Waals surface area contributed by atoms with Gasteiger partial charge in [0.05, 0.1) is 22.6 Å². The van der Waals surface area contributed by atoms with Crippen LogP contribution in [0.4, 0.5) is 16.0 Å². The number of nitrogens with zero attached hydrogens (tertiary/aromatic N) is 3. The van der Waals surface area contributed by atoms with Crippen LogP contribution in [0.3, 0.4) is 0 Å². The lowest BCUT2D eigenvalue weighted by molar-refractivity contribution is -0.111. The van der Waals surface area contributed by atoms with E-state index in [0.29, 0.717) is 29.6 Å². The van der Waals surface area contributed by atoms with Crippen molar-refractivity contribution in [2.45, 2.75) is 44.2 Å². The molecule has 0 aliphatic heterocycles. The standard InChI is InChI=1S/C32H35ClFN7O2/c1-32(40-30(43)20-12-13-27(25(34)16-20)38-28(42)11-7-15-41(2)3)14-6-8-21(17-32)37-31-36-19-24(33)29(39-31)23-18-35-26-10-5-4-9-22(23)26/h4-5,7,9-13,16,18-19,21,35H,6,8,14-15,17H2,1-3H3,(H,38,42)(H,40,43)(H,36,37,39)/b11-7+/t21-,32+/m1/s1. The Morgan fingerprint density at radius 3 is 2.84 bits per heavy atom. The smallest absolute Gasteiger partial charge is 0.251 e. The van der Waals surface area contributed by atoms with E-state index in [9.17, 15) is 14.0 Å². The van der Waals surface area contributed by atoms with Crippen LogP contribution in [0.2, 0.25) is 5.02 Å². The molecule has 1 fully saturated rings. The van der Waals surface area contributed by atoms with Crippen molar-refractivity contribution in [1.29, 1.82) is 0 Å². The predicted octanol–water partition coefficient (Wildman–Crippen LogP) is 6.02. The summed E-state index contributed by atoms with van der Waals surface area (Å²) in [4.78, 5) is 39.6. The number of aromatic nitrogens is 3. The molecule has 2 heterocycles. The summed E-state index contributed by atoms with van der Waals surface area (Å²) in [6, 6.07) is 12.0. The molecular weight excluding hydrogens is 569 g/mol. The van der Waals surface area contributed by atoms with Gasteiger partial charge in [0.25, 0.3) is 5.91 Å². The van der Waals surface area contributed by atoms with Gasteiger partial charge in [-0.1, -0.05) is 35.9 Å². The number of aromatic amines is 1. The number of rotatable bonds is 9. The number of hydrogen-bond acceptors (Lipinski definition) is 6. The van der Waals surface area contributed by atoms with Crippen LogP contribution in [-0.2, 0) is 4.79 Å². The zero-order chi connectivity index (χ0) is 30.6. The minimum Gasteiger partial charge on any atom is -0.360 e. The number of anilines is 2. The van der Waals surface area contributed by atoms with Crippen molar-refractivity contribution in [2.75, 3.05) is 31.3 Å². The highest BCUT2D eigenvalue weighted by molar-refractivity contribution is 6.33. The molecule has 2 aromatic heterocycles. The Kier molecular flexibility index (Phi) is 9.08. The van der Waals surface area contributed by atoms with Crippen LogP contribution < -0.4 is 16.0 Å². The van der Waals surface area contributed by atoms with Crippen molar-refractivity contribution in [3.63, 3.8) is 0 Å². The van der Waals surface area contributed by atoms with Gasteiger partial charge in [0.2, 0.25) is 11.9 Å². The summed E-state index contributed by atoms with van der Waals surface area (Å²) in [5.41, 5.74) is 2.19. The van der Waals surface area contributed by atoms with Gasteiger partial charge in [0.15, 0.2) is 0 Å². The van der Waals surface area contributed by atoms with Gasteiger partial charge in [-0.05, 0) is 71.0 Å². The summed E-state index contributed by atoms with van der Waals surface area (Å²) in [6.45, 7) is 2.58. The Hall–Kier alpha value is -4.28. The third kappa shape index (κ3) is 7.39. The molecule has 1 saturated carbocycles. The number of carbonyl (C=O) groups excluding carboxylic acids is 2. The van der Waals surface area contributed by atoms with E-state index in [1.54, 1.807) is 12.3 Å². The number of benzene rings is 2. The number of likely N-dealkylation sites (N-methyl/N-ethyl adjacent to an activating group) is 1. The molecule has 4 aromatic rings. The molecular formula is C32H35ClFN7O2. The lowest BCUT2D eigenvalue weighted by Gasteiger charge is -2.39. The molecule has 1 aliphatic carbocycles. The Labute approximate surface area is 254 Å². The van der Waals surface area contributed by atoms with E-state index in [4.69, 9.17) is 16.6 Å². The summed E-state index contributed by atoms with van der Waals surface area (Å²) in [5, 5.41) is 10.5. The van der Waals surface area contributed by atoms with Gasteiger partial charge in [0.1, 0.15) is 5.82 Å². The van der Waals surface area contributed by atoms with E-state index in [2.05, 4.69) is 25.9 Å². The van der Waals surface area contributed by atoms with Crippen molar-refractivity contribution in [1.82, 2.24) is 25.2 Å². The quantitative estimate of drug-likeness (QED) is 0.174. The largest absolute Gasteiger partial charge is 0.360 e. The maximum atomic E-state index is 14.8. The van der Waals surface area contributed by atoms with E-state index in [1.807, 2.05) is 56.4 Å². The van der Waals surface area contributed by atoms with Crippen molar-refractivity contribution in [2.24, 2.45) is 0 Å². The molecule has 11 heteroatoms. The fourth-order valence-electron chi connectivity index (χ4n) is 5.45. The first kappa shape index (κ1) is 30.2. The number of amides is 2. The lowest BCUT2D eigenvalue weighted by Crippen LogP contribution is -2.51. The molecule has 0 radical (unpaired) electrons. The second-order valence-corrected chi connectivity index (χ2v) is 11.8. The summed E-state index contributed by atoms with van der Waals surface area (Å²) in [5.74, 6) is -1.04. The third-order valence-corrected chi connectivity index (χ3v) is 7.82. The molecule has 0 spiro atoms. The van der Waals surface area contributed by atoms with Gasteiger partial charge >= 0.3 is 0 Å². The van der Waals surface area contributed by atoms with Crippen molar-refractivity contribution < 1.29 is 14.0 Å². The summed E-state index contributed by atoms with van der Waals surface area (Å²) in [6.07, 6.45) is 9.68. The van der Waals surface area contributed by atoms with Crippen LogP contribution in [0.5, 0.6) is 0 Å². The highest BCUT2D eigenvalue weighted by Crippen LogP contribution is 2.34.